The van der Waals surface area contributed by atoms with Gasteiger partial charge in [-0.3, -0.25) is 18.6 Å². The van der Waals surface area contributed by atoms with Crippen LogP contribution in [0.5, 0.6) is 0 Å². The molecule has 0 saturated carbocycles. The van der Waals surface area contributed by atoms with Gasteiger partial charge in [0.15, 0.2) is 0 Å². The third kappa shape index (κ3) is 11.7. The SMILES string of the molecule is C=C(NC(CCCCCC)CS(=O)C(C)(C)C)NC(C(=O)N1CCC(C(C)C)C1C(=O)NCC(C)=O)C(C)(C)CC. The maximum atomic E-state index is 14.2. The average Bonchev–Trinajstić information content (AvgIpc) is 3.33. The second kappa shape index (κ2) is 16.7. The minimum absolute atomic E-state index is 0.0116. The quantitative estimate of drug-likeness (QED) is 0.194. The van der Waals surface area contributed by atoms with Gasteiger partial charge in [0.2, 0.25) is 11.8 Å². The van der Waals surface area contributed by atoms with Crippen LogP contribution >= 0.6 is 0 Å². The van der Waals surface area contributed by atoms with Crippen molar-refractivity contribution in [3.63, 3.8) is 0 Å². The summed E-state index contributed by atoms with van der Waals surface area (Å²) in [5.41, 5.74) is -0.428. The topological polar surface area (TPSA) is 108 Å². The van der Waals surface area contributed by atoms with Gasteiger partial charge in [-0.25, -0.2) is 0 Å². The standard InChI is InChI=1S/C32H60N4O4S/c1-12-14-15-16-17-25(21-41(40)31(7,8)9)34-24(6)35-28(32(10,11)13-2)30(39)36-19-18-26(22(3)4)27(36)29(38)33-20-23(5)37/h22,25-28,34-35H,6,12-21H2,1-5,7-11H3,(H,33,38). The van der Waals surface area contributed by atoms with E-state index < -0.39 is 28.3 Å². The Bertz CT molecular complexity index is 912. The van der Waals surface area contributed by atoms with Gasteiger partial charge in [0, 0.05) is 33.9 Å². The molecule has 2 amide bonds. The minimum Gasteiger partial charge on any atom is -0.369 e. The van der Waals surface area contributed by atoms with Crippen LogP contribution in [0.15, 0.2) is 12.4 Å². The lowest BCUT2D eigenvalue weighted by Gasteiger charge is -2.39. The third-order valence-electron chi connectivity index (χ3n) is 8.44. The molecule has 5 unspecified atom stereocenters. The molecule has 41 heavy (non-hydrogen) atoms. The molecule has 3 N–H and O–H groups in total. The van der Waals surface area contributed by atoms with E-state index in [1.54, 1.807) is 4.90 Å². The molecule has 0 aromatic heterocycles. The number of nitrogens with zero attached hydrogens (tertiary/aromatic N) is 1. The fraction of sp³-hybridized carbons (Fsp3) is 0.844. The molecule has 0 spiro atoms. The summed E-state index contributed by atoms with van der Waals surface area (Å²) in [6.07, 6.45) is 6.82. The Hall–Kier alpha value is -1.90. The fourth-order valence-electron chi connectivity index (χ4n) is 5.28. The number of hydrogen-bond donors (Lipinski definition) is 3. The summed E-state index contributed by atoms with van der Waals surface area (Å²) < 4.78 is 12.7. The van der Waals surface area contributed by atoms with Crippen LogP contribution in [-0.2, 0) is 25.2 Å². The molecular weight excluding hydrogens is 536 g/mol. The van der Waals surface area contributed by atoms with Crippen molar-refractivity contribution in [2.75, 3.05) is 18.8 Å². The van der Waals surface area contributed by atoms with E-state index in [0.29, 0.717) is 18.1 Å². The lowest BCUT2D eigenvalue weighted by atomic mass is 9.80. The van der Waals surface area contributed by atoms with E-state index in [0.717, 1.165) is 38.5 Å². The fourth-order valence-corrected chi connectivity index (χ4v) is 6.40. The van der Waals surface area contributed by atoms with Gasteiger partial charge in [-0.05, 0) is 64.2 Å². The lowest BCUT2D eigenvalue weighted by molar-refractivity contribution is -0.143. The van der Waals surface area contributed by atoms with E-state index in [1.807, 2.05) is 34.6 Å². The number of hydrogen-bond acceptors (Lipinski definition) is 6. The van der Waals surface area contributed by atoms with Crippen molar-refractivity contribution in [2.24, 2.45) is 17.3 Å². The van der Waals surface area contributed by atoms with E-state index in [4.69, 9.17) is 0 Å². The maximum Gasteiger partial charge on any atom is 0.246 e. The van der Waals surface area contributed by atoms with Gasteiger partial charge in [0.25, 0.3) is 0 Å². The molecule has 1 rings (SSSR count). The van der Waals surface area contributed by atoms with E-state index >= 15 is 0 Å². The molecular formula is C32H60N4O4S. The molecule has 0 aromatic carbocycles. The van der Waals surface area contributed by atoms with Gasteiger partial charge in [0.05, 0.1) is 12.4 Å². The predicted octanol–water partition coefficient (Wildman–Crippen LogP) is 4.91. The Morgan fingerprint density at radius 2 is 1.66 bits per heavy atom. The van der Waals surface area contributed by atoms with Crippen molar-refractivity contribution >= 4 is 28.4 Å². The van der Waals surface area contributed by atoms with Gasteiger partial charge in [0.1, 0.15) is 17.9 Å². The number of ketones is 1. The van der Waals surface area contributed by atoms with Crippen LogP contribution in [0.3, 0.4) is 0 Å². The van der Waals surface area contributed by atoms with Crippen LogP contribution in [0, 0.1) is 17.3 Å². The first-order valence-corrected chi connectivity index (χ1v) is 17.0. The van der Waals surface area contributed by atoms with E-state index in [-0.39, 0.29) is 46.8 Å². The molecule has 0 aliphatic carbocycles. The van der Waals surface area contributed by atoms with Crippen LogP contribution in [-0.4, -0.2) is 68.4 Å². The molecule has 5 atom stereocenters. The zero-order valence-electron chi connectivity index (χ0n) is 27.7. The second-order valence-electron chi connectivity index (χ2n) is 13.8. The molecule has 1 saturated heterocycles. The molecule has 1 heterocycles. The maximum absolute atomic E-state index is 14.2. The number of unbranched alkanes of at least 4 members (excludes halogenated alkanes) is 3. The molecule has 238 valence electrons. The first-order chi connectivity index (χ1) is 19.0. The summed E-state index contributed by atoms with van der Waals surface area (Å²) in [5, 5.41) is 9.63. The molecule has 0 aromatic rings. The van der Waals surface area contributed by atoms with Gasteiger partial charge in [-0.2, -0.15) is 0 Å². The molecule has 1 aliphatic heterocycles. The van der Waals surface area contributed by atoms with Crippen LogP contribution in [0.25, 0.3) is 0 Å². The Balaban J connectivity index is 3.20. The van der Waals surface area contributed by atoms with Crippen LogP contribution in [0.2, 0.25) is 0 Å². The van der Waals surface area contributed by atoms with E-state index in [9.17, 15) is 18.6 Å². The summed E-state index contributed by atoms with van der Waals surface area (Å²) in [7, 11) is -1.03. The Kier molecular flexibility index (Phi) is 15.1. The number of rotatable bonds is 18. The van der Waals surface area contributed by atoms with Crippen molar-refractivity contribution in [3.8, 4) is 0 Å². The van der Waals surface area contributed by atoms with Gasteiger partial charge >= 0.3 is 0 Å². The van der Waals surface area contributed by atoms with E-state index in [2.05, 4.69) is 50.2 Å². The van der Waals surface area contributed by atoms with Gasteiger partial charge < -0.3 is 20.9 Å². The number of likely N-dealkylation sites (tertiary alicyclic amines) is 1. The molecule has 9 heteroatoms. The van der Waals surface area contributed by atoms with Crippen LogP contribution in [0.1, 0.15) is 114 Å². The van der Waals surface area contributed by atoms with Crippen LogP contribution < -0.4 is 16.0 Å². The number of carbonyl (C=O) groups is 3. The summed E-state index contributed by atoms with van der Waals surface area (Å²) >= 11 is 0. The summed E-state index contributed by atoms with van der Waals surface area (Å²) in [6, 6.07) is -1.27. The number of Topliss-reactive ketones (excluding diaryl/α,β-unsaturated/α-hetero) is 1. The second-order valence-corrected chi connectivity index (χ2v) is 16.1. The highest BCUT2D eigenvalue weighted by molar-refractivity contribution is 7.86. The van der Waals surface area contributed by atoms with Gasteiger partial charge in [-0.1, -0.05) is 73.8 Å². The smallest absolute Gasteiger partial charge is 0.246 e. The van der Waals surface area contributed by atoms with Crippen molar-refractivity contribution in [2.45, 2.75) is 137 Å². The molecule has 8 nitrogen and oxygen atoms in total. The number of amides is 2. The highest BCUT2D eigenvalue weighted by Gasteiger charge is 2.47. The van der Waals surface area contributed by atoms with Gasteiger partial charge in [-0.15, -0.1) is 0 Å². The molecule has 0 radical (unpaired) electrons. The third-order valence-corrected chi connectivity index (χ3v) is 10.5. The Morgan fingerprint density at radius 1 is 1.02 bits per heavy atom. The van der Waals surface area contributed by atoms with Crippen molar-refractivity contribution < 1.29 is 18.6 Å². The van der Waals surface area contributed by atoms with Crippen molar-refractivity contribution in [3.05, 3.63) is 12.4 Å². The first-order valence-electron chi connectivity index (χ1n) is 15.6. The largest absolute Gasteiger partial charge is 0.369 e. The zero-order chi connectivity index (χ0) is 31.5. The lowest BCUT2D eigenvalue weighted by Crippen LogP contribution is -2.59. The van der Waals surface area contributed by atoms with Crippen molar-refractivity contribution in [1.29, 1.82) is 0 Å². The Morgan fingerprint density at radius 3 is 2.17 bits per heavy atom. The highest BCUT2D eigenvalue weighted by atomic mass is 32.2. The van der Waals surface area contributed by atoms with Crippen molar-refractivity contribution in [1.82, 2.24) is 20.9 Å². The molecule has 1 aliphatic rings. The summed E-state index contributed by atoms with van der Waals surface area (Å²) in [5.74, 6) is 0.731. The number of carbonyl (C=O) groups excluding carboxylic acids is 3. The van der Waals surface area contributed by atoms with E-state index in [1.165, 1.54) is 13.3 Å². The summed E-state index contributed by atoms with van der Waals surface area (Å²) in [4.78, 5) is 40.8. The normalized spacial score (nSPS) is 19.9. The number of nitrogens with one attached hydrogen (secondary N) is 3. The minimum atomic E-state index is -1.03. The van der Waals surface area contributed by atoms with Crippen LogP contribution in [0.4, 0.5) is 0 Å². The summed E-state index contributed by atoms with van der Waals surface area (Å²) in [6.45, 7) is 24.6. The average molecular weight is 597 g/mol. The molecule has 1 fully saturated rings. The zero-order valence-corrected chi connectivity index (χ0v) is 28.5. The first kappa shape index (κ1) is 37.1. The molecule has 0 bridgehead atoms. The predicted molar refractivity (Wildman–Crippen MR) is 171 cm³/mol. The Labute approximate surface area is 253 Å². The highest BCUT2D eigenvalue weighted by Crippen LogP contribution is 2.34. The monoisotopic (exact) mass is 596 g/mol.